The maximum Gasteiger partial charge on any atom is 0.224 e. The summed E-state index contributed by atoms with van der Waals surface area (Å²) in [6, 6.07) is 1.87. The van der Waals surface area contributed by atoms with Crippen molar-refractivity contribution in [3.05, 3.63) is 11.8 Å². The van der Waals surface area contributed by atoms with E-state index in [0.717, 1.165) is 18.1 Å². The van der Waals surface area contributed by atoms with Gasteiger partial charge in [0.1, 0.15) is 5.82 Å². The van der Waals surface area contributed by atoms with Gasteiger partial charge >= 0.3 is 0 Å². The molecule has 0 radical (unpaired) electrons. The summed E-state index contributed by atoms with van der Waals surface area (Å²) in [5.41, 5.74) is 0.0847. The fourth-order valence-corrected chi connectivity index (χ4v) is 1.91. The number of nitrogens with zero attached hydrogens (tertiary/aromatic N) is 3. The van der Waals surface area contributed by atoms with Crippen LogP contribution in [0.15, 0.2) is 6.07 Å². The molecule has 0 aliphatic heterocycles. The summed E-state index contributed by atoms with van der Waals surface area (Å²) >= 11 is 0. The van der Waals surface area contributed by atoms with Crippen molar-refractivity contribution < 1.29 is 5.11 Å². The van der Waals surface area contributed by atoms with Crippen LogP contribution in [0.4, 0.5) is 11.8 Å². The Morgan fingerprint density at radius 1 is 1.32 bits per heavy atom. The van der Waals surface area contributed by atoms with Gasteiger partial charge in [-0.15, -0.1) is 0 Å². The molecule has 6 heteroatoms. The fraction of sp³-hybridized carbons (Fsp3) is 0.692. The van der Waals surface area contributed by atoms with Crippen molar-refractivity contribution >= 4 is 11.8 Å². The first-order valence-corrected chi connectivity index (χ1v) is 6.53. The van der Waals surface area contributed by atoms with Crippen molar-refractivity contribution in [1.29, 1.82) is 0 Å². The van der Waals surface area contributed by atoms with Crippen molar-refractivity contribution in [3.8, 4) is 0 Å². The second-order valence-electron chi connectivity index (χ2n) is 5.34. The Morgan fingerprint density at radius 3 is 2.58 bits per heavy atom. The molecule has 0 spiro atoms. The van der Waals surface area contributed by atoms with Gasteiger partial charge in [-0.3, -0.25) is 0 Å². The molecule has 1 heterocycles. The van der Waals surface area contributed by atoms with E-state index in [1.54, 1.807) is 6.92 Å². The van der Waals surface area contributed by atoms with Gasteiger partial charge in [0.25, 0.3) is 0 Å². The van der Waals surface area contributed by atoms with Crippen LogP contribution in [0.5, 0.6) is 0 Å². The van der Waals surface area contributed by atoms with Gasteiger partial charge in [-0.1, -0.05) is 0 Å². The molecule has 0 amide bonds. The molecule has 0 fully saturated rings. The predicted octanol–water partition coefficient (Wildman–Crippen LogP) is 0.941. The molecule has 1 rings (SSSR count). The maximum absolute atomic E-state index is 10.2. The zero-order valence-corrected chi connectivity index (χ0v) is 12.5. The van der Waals surface area contributed by atoms with Crippen LogP contribution in [-0.4, -0.2) is 59.3 Å². The fourth-order valence-electron chi connectivity index (χ4n) is 1.91. The number of rotatable bonds is 7. The van der Waals surface area contributed by atoms with Crippen molar-refractivity contribution in [2.75, 3.05) is 44.4 Å². The largest absolute Gasteiger partial charge is 0.387 e. The van der Waals surface area contributed by atoms with E-state index < -0.39 is 5.60 Å². The van der Waals surface area contributed by atoms with Crippen LogP contribution in [0, 0.1) is 6.92 Å². The number of aliphatic hydroxyl groups is 1. The van der Waals surface area contributed by atoms with E-state index in [1.807, 2.05) is 38.9 Å². The Balaban J connectivity index is 2.66. The molecule has 0 saturated carbocycles. The summed E-state index contributed by atoms with van der Waals surface area (Å²) in [5.74, 6) is 1.33. The number of hydrogen-bond acceptors (Lipinski definition) is 6. The minimum absolute atomic E-state index is 0.438. The highest BCUT2D eigenvalue weighted by Crippen LogP contribution is 2.12. The molecular formula is C13H25N5O. The lowest BCUT2D eigenvalue weighted by Crippen LogP contribution is -2.43. The number of aryl methyl sites for hydroxylation is 1. The predicted molar refractivity (Wildman–Crippen MR) is 78.6 cm³/mol. The zero-order chi connectivity index (χ0) is 14.5. The number of likely N-dealkylation sites (N-methyl/N-ethyl adjacent to an activating group) is 1. The lowest BCUT2D eigenvalue weighted by Gasteiger charge is -2.27. The molecule has 1 aromatic rings. The molecule has 3 N–H and O–H groups in total. The number of aromatic nitrogens is 2. The standard InChI is InChI=1S/C13H25N5O/c1-6-14-12-16-10(2)7-11(17-12)15-8-13(3,19)9-18(4)5/h7,19H,6,8-9H2,1-5H3,(H2,14,15,16,17). The first-order chi connectivity index (χ1) is 8.82. The van der Waals surface area contributed by atoms with Gasteiger partial charge in [0.15, 0.2) is 0 Å². The summed E-state index contributed by atoms with van der Waals surface area (Å²) in [4.78, 5) is 10.6. The van der Waals surface area contributed by atoms with Crippen LogP contribution in [0.3, 0.4) is 0 Å². The van der Waals surface area contributed by atoms with Crippen LogP contribution in [-0.2, 0) is 0 Å². The molecule has 1 aromatic heterocycles. The second-order valence-corrected chi connectivity index (χ2v) is 5.34. The molecular weight excluding hydrogens is 242 g/mol. The highest BCUT2D eigenvalue weighted by molar-refractivity contribution is 5.42. The molecule has 19 heavy (non-hydrogen) atoms. The van der Waals surface area contributed by atoms with Crippen molar-refractivity contribution in [3.63, 3.8) is 0 Å². The third-order valence-corrected chi connectivity index (χ3v) is 2.50. The number of nitrogens with one attached hydrogen (secondary N) is 2. The molecule has 0 saturated heterocycles. The van der Waals surface area contributed by atoms with E-state index in [2.05, 4.69) is 20.6 Å². The molecule has 1 unspecified atom stereocenters. The van der Waals surface area contributed by atoms with Crippen LogP contribution >= 0.6 is 0 Å². The zero-order valence-electron chi connectivity index (χ0n) is 12.5. The van der Waals surface area contributed by atoms with Crippen molar-refractivity contribution in [1.82, 2.24) is 14.9 Å². The van der Waals surface area contributed by atoms with Crippen LogP contribution in [0.1, 0.15) is 19.5 Å². The normalized spacial score (nSPS) is 14.3. The van der Waals surface area contributed by atoms with Crippen LogP contribution < -0.4 is 10.6 Å². The Bertz CT molecular complexity index is 406. The Labute approximate surface area is 115 Å². The highest BCUT2D eigenvalue weighted by atomic mass is 16.3. The topological polar surface area (TPSA) is 73.3 Å². The summed E-state index contributed by atoms with van der Waals surface area (Å²) in [6.07, 6.45) is 0. The molecule has 0 aliphatic rings. The smallest absolute Gasteiger partial charge is 0.224 e. The minimum atomic E-state index is -0.805. The van der Waals surface area contributed by atoms with E-state index in [-0.39, 0.29) is 0 Å². The van der Waals surface area contributed by atoms with Gasteiger partial charge in [-0.2, -0.15) is 4.98 Å². The molecule has 108 valence electrons. The maximum atomic E-state index is 10.2. The van der Waals surface area contributed by atoms with E-state index >= 15 is 0 Å². The third kappa shape index (κ3) is 5.85. The Kier molecular flexibility index (Phi) is 5.50. The van der Waals surface area contributed by atoms with Gasteiger partial charge in [0, 0.05) is 31.4 Å². The second kappa shape index (κ2) is 6.68. The average Bonchev–Trinajstić information content (AvgIpc) is 2.24. The first kappa shape index (κ1) is 15.7. The van der Waals surface area contributed by atoms with Gasteiger partial charge < -0.3 is 20.6 Å². The highest BCUT2D eigenvalue weighted by Gasteiger charge is 2.21. The Morgan fingerprint density at radius 2 is 2.00 bits per heavy atom. The lowest BCUT2D eigenvalue weighted by molar-refractivity contribution is 0.0459. The molecule has 6 nitrogen and oxygen atoms in total. The van der Waals surface area contributed by atoms with Gasteiger partial charge in [0.05, 0.1) is 5.60 Å². The summed E-state index contributed by atoms with van der Waals surface area (Å²) < 4.78 is 0. The first-order valence-electron chi connectivity index (χ1n) is 6.53. The summed E-state index contributed by atoms with van der Waals surface area (Å²) in [6.45, 7) is 7.53. The van der Waals surface area contributed by atoms with Gasteiger partial charge in [-0.05, 0) is 34.9 Å². The average molecular weight is 267 g/mol. The molecule has 1 atom stereocenters. The minimum Gasteiger partial charge on any atom is -0.387 e. The number of anilines is 2. The SMILES string of the molecule is CCNc1nc(C)cc(NCC(C)(O)CN(C)C)n1. The third-order valence-electron chi connectivity index (χ3n) is 2.50. The number of hydrogen-bond donors (Lipinski definition) is 3. The molecule has 0 aliphatic carbocycles. The van der Waals surface area contributed by atoms with E-state index in [1.165, 1.54) is 0 Å². The van der Waals surface area contributed by atoms with Crippen LogP contribution in [0.25, 0.3) is 0 Å². The van der Waals surface area contributed by atoms with Crippen LogP contribution in [0.2, 0.25) is 0 Å². The molecule has 0 aromatic carbocycles. The van der Waals surface area contributed by atoms with Crippen molar-refractivity contribution in [2.24, 2.45) is 0 Å². The monoisotopic (exact) mass is 267 g/mol. The van der Waals surface area contributed by atoms with Crippen molar-refractivity contribution in [2.45, 2.75) is 26.4 Å². The quantitative estimate of drug-likeness (QED) is 0.683. The Hall–Kier alpha value is -1.40. The van der Waals surface area contributed by atoms with E-state index in [0.29, 0.717) is 19.0 Å². The summed E-state index contributed by atoms with van der Waals surface area (Å²) in [7, 11) is 3.87. The van der Waals surface area contributed by atoms with E-state index in [4.69, 9.17) is 0 Å². The summed E-state index contributed by atoms with van der Waals surface area (Å²) in [5, 5.41) is 16.5. The molecule has 0 bridgehead atoms. The van der Waals surface area contributed by atoms with Gasteiger partial charge in [-0.25, -0.2) is 4.98 Å². The lowest BCUT2D eigenvalue weighted by atomic mass is 10.1. The van der Waals surface area contributed by atoms with E-state index in [9.17, 15) is 5.11 Å². The van der Waals surface area contributed by atoms with Gasteiger partial charge in [0.2, 0.25) is 5.95 Å².